The summed E-state index contributed by atoms with van der Waals surface area (Å²) in [5.74, 6) is 1.46. The van der Waals surface area contributed by atoms with E-state index in [0.717, 1.165) is 23.9 Å². The van der Waals surface area contributed by atoms with Crippen molar-refractivity contribution in [2.45, 2.75) is 26.2 Å². The fourth-order valence-electron chi connectivity index (χ4n) is 2.77. The molecule has 1 saturated heterocycles. The van der Waals surface area contributed by atoms with E-state index in [2.05, 4.69) is 31.3 Å². The highest BCUT2D eigenvalue weighted by molar-refractivity contribution is 8.18. The van der Waals surface area contributed by atoms with E-state index >= 15 is 0 Å². The number of halogens is 1. The van der Waals surface area contributed by atoms with Gasteiger partial charge in [0, 0.05) is 10.6 Å². The van der Waals surface area contributed by atoms with Crippen molar-refractivity contribution >= 4 is 40.6 Å². The molecule has 2 aromatic rings. The van der Waals surface area contributed by atoms with Gasteiger partial charge in [0.2, 0.25) is 0 Å². The molecule has 0 aromatic heterocycles. The zero-order chi connectivity index (χ0) is 20.8. The summed E-state index contributed by atoms with van der Waals surface area (Å²) in [4.78, 5) is 23.4. The summed E-state index contributed by atoms with van der Waals surface area (Å²) in [6.07, 6.45) is 2.70. The van der Waals surface area contributed by atoms with E-state index in [1.165, 1.54) is 5.56 Å². The van der Waals surface area contributed by atoms with Gasteiger partial charge in [0.15, 0.2) is 0 Å². The Morgan fingerprint density at radius 3 is 2.48 bits per heavy atom. The summed E-state index contributed by atoms with van der Waals surface area (Å²) < 4.78 is 11.6. The van der Waals surface area contributed by atoms with E-state index in [0.29, 0.717) is 40.4 Å². The van der Waals surface area contributed by atoms with Crippen molar-refractivity contribution in [3.63, 3.8) is 0 Å². The van der Waals surface area contributed by atoms with Crippen molar-refractivity contribution < 1.29 is 19.1 Å². The highest BCUT2D eigenvalue weighted by Crippen LogP contribution is 2.31. The molecule has 0 radical (unpaired) electrons. The molecular weight excluding hydrogens is 410 g/mol. The van der Waals surface area contributed by atoms with Crippen LogP contribution < -0.4 is 14.8 Å². The van der Waals surface area contributed by atoms with Crippen LogP contribution >= 0.6 is 23.4 Å². The van der Waals surface area contributed by atoms with Gasteiger partial charge < -0.3 is 9.47 Å². The molecular formula is C22H22ClNO4S. The van der Waals surface area contributed by atoms with Gasteiger partial charge in [0.25, 0.3) is 11.1 Å². The topological polar surface area (TPSA) is 64.6 Å². The molecule has 1 heterocycles. The lowest BCUT2D eigenvalue weighted by Gasteiger charge is -2.12. The summed E-state index contributed by atoms with van der Waals surface area (Å²) in [6.45, 7) is 5.06. The first-order chi connectivity index (χ1) is 14.0. The standard InChI is InChI=1S/C22H22ClNO4S/c1-3-14(2)15-4-7-18(8-5-15)27-10-11-28-19-9-6-17(23)12-16(19)13-20-21(25)24-22(26)29-20/h4-9,12-14H,3,10-11H2,1-2H3,(H,24,25,26). The minimum atomic E-state index is -0.421. The van der Waals surface area contributed by atoms with Gasteiger partial charge in [-0.2, -0.15) is 0 Å². The van der Waals surface area contributed by atoms with Crippen molar-refractivity contribution in [2.75, 3.05) is 13.2 Å². The highest BCUT2D eigenvalue weighted by atomic mass is 35.5. The lowest BCUT2D eigenvalue weighted by atomic mass is 9.99. The number of carbonyl (C=O) groups is 2. The Morgan fingerprint density at radius 1 is 1.10 bits per heavy atom. The van der Waals surface area contributed by atoms with Crippen molar-refractivity contribution in [1.29, 1.82) is 0 Å². The van der Waals surface area contributed by atoms with Gasteiger partial charge in [-0.3, -0.25) is 14.9 Å². The van der Waals surface area contributed by atoms with Gasteiger partial charge in [0.05, 0.1) is 4.91 Å². The molecule has 1 aliphatic rings. The minimum absolute atomic E-state index is 0.305. The molecule has 1 aliphatic heterocycles. The molecule has 3 rings (SSSR count). The van der Waals surface area contributed by atoms with Gasteiger partial charge in [-0.15, -0.1) is 0 Å². The third kappa shape index (κ3) is 5.78. The van der Waals surface area contributed by atoms with Crippen LogP contribution in [0.25, 0.3) is 6.08 Å². The average molecular weight is 432 g/mol. The quantitative estimate of drug-likeness (QED) is 0.433. The number of thioether (sulfide) groups is 1. The van der Waals surface area contributed by atoms with E-state index in [9.17, 15) is 9.59 Å². The van der Waals surface area contributed by atoms with E-state index in [1.54, 1.807) is 24.3 Å². The summed E-state index contributed by atoms with van der Waals surface area (Å²) in [7, 11) is 0. The zero-order valence-corrected chi connectivity index (χ0v) is 17.8. The molecule has 152 valence electrons. The van der Waals surface area contributed by atoms with Crippen LogP contribution in [-0.4, -0.2) is 24.4 Å². The van der Waals surface area contributed by atoms with Crippen LogP contribution in [-0.2, 0) is 4.79 Å². The molecule has 0 bridgehead atoms. The van der Waals surface area contributed by atoms with Crippen LogP contribution in [0.3, 0.4) is 0 Å². The second-order valence-corrected chi connectivity index (χ2v) is 8.06. The van der Waals surface area contributed by atoms with E-state index in [-0.39, 0.29) is 0 Å². The van der Waals surface area contributed by atoms with Crippen LogP contribution in [0.2, 0.25) is 5.02 Å². The van der Waals surface area contributed by atoms with E-state index < -0.39 is 11.1 Å². The molecule has 1 atom stereocenters. The molecule has 2 amide bonds. The van der Waals surface area contributed by atoms with Gasteiger partial charge in [-0.05, 0) is 66.1 Å². The molecule has 29 heavy (non-hydrogen) atoms. The molecule has 0 spiro atoms. The first kappa shape index (κ1) is 21.3. The van der Waals surface area contributed by atoms with Crippen LogP contribution in [0.15, 0.2) is 47.4 Å². The second-order valence-electron chi connectivity index (χ2n) is 6.61. The van der Waals surface area contributed by atoms with Crippen molar-refractivity contribution in [1.82, 2.24) is 5.32 Å². The van der Waals surface area contributed by atoms with Crippen LogP contribution in [0.5, 0.6) is 11.5 Å². The van der Waals surface area contributed by atoms with Crippen molar-refractivity contribution in [3.8, 4) is 11.5 Å². The van der Waals surface area contributed by atoms with Crippen LogP contribution in [0, 0.1) is 0 Å². The number of rotatable bonds is 8. The number of imide groups is 1. The third-order valence-corrected chi connectivity index (χ3v) is 5.62. The monoisotopic (exact) mass is 431 g/mol. The first-order valence-corrected chi connectivity index (χ1v) is 10.6. The molecule has 1 unspecified atom stereocenters. The van der Waals surface area contributed by atoms with Crippen molar-refractivity contribution in [3.05, 3.63) is 63.5 Å². The average Bonchev–Trinajstić information content (AvgIpc) is 3.03. The lowest BCUT2D eigenvalue weighted by Crippen LogP contribution is -2.17. The number of benzene rings is 2. The molecule has 0 saturated carbocycles. The third-order valence-electron chi connectivity index (χ3n) is 4.57. The summed E-state index contributed by atoms with van der Waals surface area (Å²) >= 11 is 6.92. The van der Waals surface area contributed by atoms with E-state index in [1.807, 2.05) is 12.1 Å². The maximum absolute atomic E-state index is 11.8. The smallest absolute Gasteiger partial charge is 0.290 e. The Bertz CT molecular complexity index is 927. The Balaban J connectivity index is 1.59. The minimum Gasteiger partial charge on any atom is -0.490 e. The summed E-state index contributed by atoms with van der Waals surface area (Å²) in [5.41, 5.74) is 1.92. The SMILES string of the molecule is CCC(C)c1ccc(OCCOc2ccc(Cl)cc2C=C2SC(=O)NC2=O)cc1. The first-order valence-electron chi connectivity index (χ1n) is 9.36. The Hall–Kier alpha value is -2.44. The van der Waals surface area contributed by atoms with E-state index in [4.69, 9.17) is 21.1 Å². The molecule has 7 heteroatoms. The molecule has 0 aliphatic carbocycles. The number of nitrogens with one attached hydrogen (secondary N) is 1. The number of hydrogen-bond acceptors (Lipinski definition) is 5. The maximum atomic E-state index is 11.8. The fraction of sp³-hybridized carbons (Fsp3) is 0.273. The largest absolute Gasteiger partial charge is 0.490 e. The number of carbonyl (C=O) groups excluding carboxylic acids is 2. The van der Waals surface area contributed by atoms with Crippen molar-refractivity contribution in [2.24, 2.45) is 0 Å². The number of amides is 2. The Labute approximate surface area is 179 Å². The molecule has 1 fully saturated rings. The fourth-order valence-corrected chi connectivity index (χ4v) is 3.62. The van der Waals surface area contributed by atoms with Gasteiger partial charge in [-0.1, -0.05) is 37.6 Å². The summed E-state index contributed by atoms with van der Waals surface area (Å²) in [5, 5.41) is 2.35. The zero-order valence-electron chi connectivity index (χ0n) is 16.2. The predicted octanol–water partition coefficient (Wildman–Crippen LogP) is 5.64. The highest BCUT2D eigenvalue weighted by Gasteiger charge is 2.25. The Kier molecular flexibility index (Phi) is 7.23. The molecule has 1 N–H and O–H groups in total. The van der Waals surface area contributed by atoms with Gasteiger partial charge in [0.1, 0.15) is 24.7 Å². The number of ether oxygens (including phenoxy) is 2. The summed E-state index contributed by atoms with van der Waals surface area (Å²) in [6, 6.07) is 13.2. The molecule has 5 nitrogen and oxygen atoms in total. The Morgan fingerprint density at radius 2 is 1.83 bits per heavy atom. The molecule has 2 aromatic carbocycles. The van der Waals surface area contributed by atoms with Crippen LogP contribution in [0.1, 0.15) is 37.3 Å². The second kappa shape index (κ2) is 9.85. The lowest BCUT2D eigenvalue weighted by molar-refractivity contribution is -0.115. The maximum Gasteiger partial charge on any atom is 0.290 e. The van der Waals surface area contributed by atoms with Gasteiger partial charge >= 0.3 is 0 Å². The predicted molar refractivity (Wildman–Crippen MR) is 117 cm³/mol. The van der Waals surface area contributed by atoms with Gasteiger partial charge in [-0.25, -0.2) is 0 Å². The van der Waals surface area contributed by atoms with Crippen LogP contribution in [0.4, 0.5) is 4.79 Å². The number of hydrogen-bond donors (Lipinski definition) is 1. The normalized spacial score (nSPS) is 16.0.